The van der Waals surface area contributed by atoms with E-state index in [9.17, 15) is 14.4 Å². The van der Waals surface area contributed by atoms with E-state index in [4.69, 9.17) is 4.74 Å². The molecule has 2 N–H and O–H groups in total. The number of carbonyl (C=O) groups is 3. The third-order valence-corrected chi connectivity index (χ3v) is 5.96. The van der Waals surface area contributed by atoms with Crippen LogP contribution in [0.5, 0.6) is 0 Å². The first kappa shape index (κ1) is 22.0. The summed E-state index contributed by atoms with van der Waals surface area (Å²) in [5, 5.41) is 10.1. The number of benzene rings is 1. The number of aromatic nitrogens is 2. The Kier molecular flexibility index (Phi) is 6.84. The van der Waals surface area contributed by atoms with Crippen molar-refractivity contribution in [3.8, 4) is 0 Å². The lowest BCUT2D eigenvalue weighted by atomic mass is 10.0. The van der Waals surface area contributed by atoms with Gasteiger partial charge in [0.05, 0.1) is 6.10 Å². The highest BCUT2D eigenvalue weighted by Gasteiger charge is 2.29. The molecule has 0 aliphatic carbocycles. The first-order valence-corrected chi connectivity index (χ1v) is 11.1. The van der Waals surface area contributed by atoms with Gasteiger partial charge in [-0.25, -0.2) is 0 Å². The lowest BCUT2D eigenvalue weighted by Crippen LogP contribution is -2.38. The van der Waals surface area contributed by atoms with Crippen LogP contribution in [-0.2, 0) is 34.3 Å². The highest BCUT2D eigenvalue weighted by molar-refractivity contribution is 6.04. The predicted molar refractivity (Wildman–Crippen MR) is 118 cm³/mol. The number of aryl methyl sites for hydroxylation is 1. The van der Waals surface area contributed by atoms with E-state index in [1.165, 1.54) is 0 Å². The van der Waals surface area contributed by atoms with Crippen LogP contribution in [0, 0.1) is 0 Å². The molecule has 1 aromatic heterocycles. The maximum atomic E-state index is 12.8. The van der Waals surface area contributed by atoms with Crippen LogP contribution in [0.25, 0.3) is 0 Å². The van der Waals surface area contributed by atoms with Crippen LogP contribution < -0.4 is 10.6 Å². The monoisotopic (exact) mass is 439 g/mol. The number of ether oxygens (including phenoxy) is 1. The van der Waals surface area contributed by atoms with Crippen LogP contribution in [0.4, 0.5) is 5.69 Å². The molecule has 0 radical (unpaired) electrons. The van der Waals surface area contributed by atoms with Gasteiger partial charge >= 0.3 is 0 Å². The number of nitrogens with zero attached hydrogens (tertiary/aromatic N) is 3. The van der Waals surface area contributed by atoms with E-state index in [0.717, 1.165) is 30.7 Å². The summed E-state index contributed by atoms with van der Waals surface area (Å²) in [4.78, 5) is 39.4. The third-order valence-electron chi connectivity index (χ3n) is 5.96. The van der Waals surface area contributed by atoms with E-state index in [1.807, 2.05) is 37.4 Å². The van der Waals surface area contributed by atoms with Crippen LogP contribution in [0.15, 0.2) is 30.3 Å². The molecule has 2 aliphatic heterocycles. The summed E-state index contributed by atoms with van der Waals surface area (Å²) in [5.41, 5.74) is 2.75. The van der Waals surface area contributed by atoms with Crippen LogP contribution in [0.2, 0.25) is 0 Å². The minimum absolute atomic E-state index is 0.0844. The quantitative estimate of drug-likeness (QED) is 0.682. The van der Waals surface area contributed by atoms with Crippen molar-refractivity contribution in [1.82, 2.24) is 20.0 Å². The minimum atomic E-state index is -0.296. The summed E-state index contributed by atoms with van der Waals surface area (Å²) >= 11 is 0. The van der Waals surface area contributed by atoms with Crippen molar-refractivity contribution < 1.29 is 19.1 Å². The van der Waals surface area contributed by atoms with E-state index in [1.54, 1.807) is 9.58 Å². The number of amides is 3. The fraction of sp³-hybridized carbons (Fsp3) is 0.478. The Balaban J connectivity index is 1.33. The molecule has 4 rings (SSSR count). The van der Waals surface area contributed by atoms with Gasteiger partial charge in [-0.1, -0.05) is 18.2 Å². The molecule has 2 aliphatic rings. The van der Waals surface area contributed by atoms with Gasteiger partial charge in [-0.2, -0.15) is 5.10 Å². The van der Waals surface area contributed by atoms with Gasteiger partial charge in [0, 0.05) is 69.5 Å². The lowest BCUT2D eigenvalue weighted by Gasteiger charge is -2.27. The van der Waals surface area contributed by atoms with Crippen molar-refractivity contribution in [3.05, 3.63) is 47.3 Å². The zero-order valence-corrected chi connectivity index (χ0v) is 18.3. The summed E-state index contributed by atoms with van der Waals surface area (Å²) < 4.78 is 7.21. The molecule has 2 aromatic rings. The summed E-state index contributed by atoms with van der Waals surface area (Å²) in [5.74, 6) is -0.534. The van der Waals surface area contributed by atoms with Gasteiger partial charge in [-0.3, -0.25) is 19.1 Å². The van der Waals surface area contributed by atoms with Crippen molar-refractivity contribution in [3.63, 3.8) is 0 Å². The van der Waals surface area contributed by atoms with Gasteiger partial charge in [-0.05, 0) is 25.0 Å². The molecule has 1 fully saturated rings. The van der Waals surface area contributed by atoms with E-state index in [0.29, 0.717) is 37.4 Å². The molecule has 0 saturated carbocycles. The third kappa shape index (κ3) is 5.16. The maximum absolute atomic E-state index is 12.8. The molecule has 0 spiro atoms. The second kappa shape index (κ2) is 9.95. The van der Waals surface area contributed by atoms with Crippen molar-refractivity contribution in [2.75, 3.05) is 25.0 Å². The predicted octanol–water partition coefficient (Wildman–Crippen LogP) is 1.63. The molecule has 3 amide bonds. The number of carbonyl (C=O) groups excluding carboxylic acids is 3. The van der Waals surface area contributed by atoms with Gasteiger partial charge in [0.25, 0.3) is 5.91 Å². The molecular weight excluding hydrogens is 410 g/mol. The van der Waals surface area contributed by atoms with E-state index >= 15 is 0 Å². The van der Waals surface area contributed by atoms with Crippen molar-refractivity contribution in [1.29, 1.82) is 0 Å². The number of hydrogen-bond acceptors (Lipinski definition) is 5. The zero-order chi connectivity index (χ0) is 22.5. The Morgan fingerprint density at radius 1 is 1.19 bits per heavy atom. The van der Waals surface area contributed by atoms with Gasteiger partial charge in [-0.15, -0.1) is 0 Å². The number of para-hydroxylation sites is 1. The summed E-state index contributed by atoms with van der Waals surface area (Å²) in [7, 11) is 1.81. The highest BCUT2D eigenvalue weighted by Crippen LogP contribution is 2.24. The van der Waals surface area contributed by atoms with Crippen LogP contribution in [0.3, 0.4) is 0 Å². The molecule has 1 aromatic carbocycles. The van der Waals surface area contributed by atoms with Crippen molar-refractivity contribution in [2.45, 2.75) is 44.8 Å². The first-order valence-electron chi connectivity index (χ1n) is 11.1. The van der Waals surface area contributed by atoms with E-state index < -0.39 is 0 Å². The molecule has 170 valence electrons. The van der Waals surface area contributed by atoms with E-state index in [2.05, 4.69) is 15.7 Å². The Morgan fingerprint density at radius 3 is 2.75 bits per heavy atom. The Hall–Kier alpha value is -3.20. The molecular formula is C23H29N5O4. The molecule has 1 atom stereocenters. The zero-order valence-electron chi connectivity index (χ0n) is 18.3. The molecule has 1 saturated heterocycles. The van der Waals surface area contributed by atoms with Gasteiger partial charge in [0.15, 0.2) is 5.69 Å². The summed E-state index contributed by atoms with van der Waals surface area (Å²) in [6.45, 7) is 2.10. The van der Waals surface area contributed by atoms with Crippen molar-refractivity contribution >= 4 is 23.4 Å². The summed E-state index contributed by atoms with van der Waals surface area (Å²) in [6.07, 6.45) is 2.97. The number of hydrogen-bond donors (Lipinski definition) is 2. The topological polar surface area (TPSA) is 106 Å². The van der Waals surface area contributed by atoms with Gasteiger partial charge in [0.2, 0.25) is 11.8 Å². The fourth-order valence-electron chi connectivity index (χ4n) is 4.20. The van der Waals surface area contributed by atoms with Gasteiger partial charge in [0.1, 0.15) is 0 Å². The first-order chi connectivity index (χ1) is 15.5. The second-order valence-electron chi connectivity index (χ2n) is 8.22. The Bertz CT molecular complexity index is 982. The highest BCUT2D eigenvalue weighted by atomic mass is 16.5. The smallest absolute Gasteiger partial charge is 0.276 e. The molecule has 3 heterocycles. The fourth-order valence-corrected chi connectivity index (χ4v) is 4.20. The van der Waals surface area contributed by atoms with Crippen LogP contribution in [0.1, 0.15) is 47.4 Å². The average Bonchev–Trinajstić information content (AvgIpc) is 3.44. The minimum Gasteiger partial charge on any atom is -0.376 e. The normalized spacial score (nSPS) is 17.7. The van der Waals surface area contributed by atoms with Crippen LogP contribution >= 0.6 is 0 Å². The maximum Gasteiger partial charge on any atom is 0.276 e. The average molecular weight is 440 g/mol. The molecule has 32 heavy (non-hydrogen) atoms. The number of anilines is 1. The Labute approximate surface area is 187 Å². The lowest BCUT2D eigenvalue weighted by molar-refractivity contribution is -0.134. The second-order valence-corrected chi connectivity index (χ2v) is 8.22. The largest absolute Gasteiger partial charge is 0.376 e. The number of nitrogens with one attached hydrogen (secondary N) is 2. The standard InChI is InChI=1S/C23H29N5O4/c1-27-19-11-12-28(21(30)10-9-20(29)24-14-17-8-5-13-32-17)15-18(19)22(26-27)23(31)25-16-6-3-2-4-7-16/h2-4,6-7,17H,5,8-15H2,1H3,(H,24,29)(H,25,31). The molecule has 9 heteroatoms. The van der Waals surface area contributed by atoms with E-state index in [-0.39, 0.29) is 36.7 Å². The molecule has 9 nitrogen and oxygen atoms in total. The number of fused-ring (bicyclic) bond motifs is 1. The van der Waals surface area contributed by atoms with Crippen LogP contribution in [-0.4, -0.2) is 58.2 Å². The van der Waals surface area contributed by atoms with Crippen molar-refractivity contribution in [2.24, 2.45) is 7.05 Å². The molecule has 1 unspecified atom stereocenters. The van der Waals surface area contributed by atoms with Gasteiger partial charge < -0.3 is 20.3 Å². The number of rotatable bonds is 7. The molecule has 0 bridgehead atoms. The SMILES string of the molecule is Cn1nc(C(=O)Nc2ccccc2)c2c1CCN(C(=O)CCC(=O)NCC1CCCO1)C2. The Morgan fingerprint density at radius 2 is 2.00 bits per heavy atom. The summed E-state index contributed by atoms with van der Waals surface area (Å²) in [6, 6.07) is 9.20.